The number of benzene rings is 2. The Morgan fingerprint density at radius 2 is 1.56 bits per heavy atom. The lowest BCUT2D eigenvalue weighted by Crippen LogP contribution is -2.49. The molecule has 1 aromatic heterocycles. The summed E-state index contributed by atoms with van der Waals surface area (Å²) in [5.74, 6) is -8.48. The van der Waals surface area contributed by atoms with Crippen molar-refractivity contribution in [3.8, 4) is 28.6 Å². The first-order valence-corrected chi connectivity index (χ1v) is 18.3. The topological polar surface area (TPSA) is 287 Å². The van der Waals surface area contributed by atoms with Crippen LogP contribution in [0.15, 0.2) is 52.9 Å². The number of nitrogens with one attached hydrogen (secondary N) is 3. The standard InChI is InChI=1S/C39H46N4O16/c1-5-7-8-9-24(28(6-2)43(21-44)59-39(54)26-13-11-23(55-3)17-31(26)56-4)35(49)40-20-41-37(51)30-15-14-29(58-30)22-10-12-25(32(16-22)57-19-34(47)48)36(50)42-27(38(52)53)18-33(45)46/h10-17,21,24,27-28H,5-9,18-20H2,1-4H3,(H,40,49)(H,41,51)(H,42,50)(H,45,46)(H,47,48)(H,52,53)/t24?,27?,28-/m1/s1. The van der Waals surface area contributed by atoms with Crippen LogP contribution in [0, 0.1) is 5.92 Å². The van der Waals surface area contributed by atoms with Crippen molar-refractivity contribution in [2.24, 2.45) is 5.92 Å². The van der Waals surface area contributed by atoms with Crippen LogP contribution in [-0.2, 0) is 28.8 Å². The largest absolute Gasteiger partial charge is 0.497 e. The average Bonchev–Trinajstić information content (AvgIpc) is 3.72. The molecule has 1 heterocycles. The van der Waals surface area contributed by atoms with E-state index in [0.29, 0.717) is 25.0 Å². The molecule has 3 atom stereocenters. The third-order valence-corrected chi connectivity index (χ3v) is 8.77. The Morgan fingerprint density at radius 3 is 2.17 bits per heavy atom. The number of carbonyl (C=O) groups excluding carboxylic acids is 5. The third kappa shape index (κ3) is 13.2. The fraction of sp³-hybridized carbons (Fsp3) is 0.385. The third-order valence-electron chi connectivity index (χ3n) is 8.77. The van der Waals surface area contributed by atoms with E-state index in [-0.39, 0.29) is 52.8 Å². The van der Waals surface area contributed by atoms with Crippen LogP contribution in [0.5, 0.6) is 17.2 Å². The number of nitrogens with zero attached hydrogens (tertiary/aromatic N) is 1. The molecule has 59 heavy (non-hydrogen) atoms. The van der Waals surface area contributed by atoms with Crippen molar-refractivity contribution in [3.63, 3.8) is 0 Å². The van der Waals surface area contributed by atoms with E-state index in [2.05, 4.69) is 16.0 Å². The Kier molecular flexibility index (Phi) is 17.7. The first-order valence-electron chi connectivity index (χ1n) is 18.3. The molecule has 0 aliphatic heterocycles. The number of furan rings is 1. The van der Waals surface area contributed by atoms with Gasteiger partial charge in [0.25, 0.3) is 11.8 Å². The maximum absolute atomic E-state index is 13.6. The van der Waals surface area contributed by atoms with E-state index >= 15 is 0 Å². The predicted octanol–water partition coefficient (Wildman–Crippen LogP) is 3.09. The second-order valence-corrected chi connectivity index (χ2v) is 12.7. The Labute approximate surface area is 337 Å². The molecule has 0 aliphatic carbocycles. The molecular weight excluding hydrogens is 780 g/mol. The van der Waals surface area contributed by atoms with Crippen LogP contribution < -0.4 is 30.2 Å². The van der Waals surface area contributed by atoms with Crippen LogP contribution >= 0.6 is 0 Å². The van der Waals surface area contributed by atoms with Crippen molar-refractivity contribution in [1.82, 2.24) is 21.0 Å². The van der Waals surface area contributed by atoms with Gasteiger partial charge in [-0.25, -0.2) is 14.4 Å². The Morgan fingerprint density at radius 1 is 0.831 bits per heavy atom. The molecule has 0 saturated heterocycles. The van der Waals surface area contributed by atoms with Crippen molar-refractivity contribution < 1.29 is 77.1 Å². The number of amides is 4. The van der Waals surface area contributed by atoms with Crippen molar-refractivity contribution in [1.29, 1.82) is 0 Å². The fourth-order valence-electron chi connectivity index (χ4n) is 5.81. The zero-order chi connectivity index (χ0) is 43.6. The molecular formula is C39H46N4O16. The molecule has 20 heteroatoms. The summed E-state index contributed by atoms with van der Waals surface area (Å²) in [4.78, 5) is 104. The van der Waals surface area contributed by atoms with Gasteiger partial charge in [0, 0.05) is 11.6 Å². The van der Waals surface area contributed by atoms with Gasteiger partial charge in [-0.2, -0.15) is 5.06 Å². The smallest absolute Gasteiger partial charge is 0.366 e. The minimum Gasteiger partial charge on any atom is -0.497 e. The summed E-state index contributed by atoms with van der Waals surface area (Å²) in [7, 11) is 2.80. The van der Waals surface area contributed by atoms with E-state index in [1.165, 1.54) is 62.8 Å². The van der Waals surface area contributed by atoms with E-state index in [4.69, 9.17) is 33.7 Å². The number of methoxy groups -OCH3 is 2. The van der Waals surface area contributed by atoms with Crippen LogP contribution in [0.4, 0.5) is 0 Å². The minimum absolute atomic E-state index is 0.0165. The summed E-state index contributed by atoms with van der Waals surface area (Å²) >= 11 is 0. The molecule has 0 saturated carbocycles. The molecule has 0 bridgehead atoms. The molecule has 4 amide bonds. The number of carboxylic acid groups (broad SMARTS) is 3. The van der Waals surface area contributed by atoms with Gasteiger partial charge in [-0.15, -0.1) is 0 Å². The molecule has 0 aliphatic rings. The quantitative estimate of drug-likeness (QED) is 0.0310. The maximum Gasteiger partial charge on any atom is 0.366 e. The predicted molar refractivity (Wildman–Crippen MR) is 203 cm³/mol. The van der Waals surface area contributed by atoms with Crippen molar-refractivity contribution in [3.05, 3.63) is 65.4 Å². The zero-order valence-electron chi connectivity index (χ0n) is 32.7. The van der Waals surface area contributed by atoms with Gasteiger partial charge in [0.15, 0.2) is 12.4 Å². The number of hydroxylamine groups is 2. The number of hydrogen-bond donors (Lipinski definition) is 6. The van der Waals surface area contributed by atoms with Crippen molar-refractivity contribution >= 4 is 48.0 Å². The molecule has 0 spiro atoms. The highest BCUT2D eigenvalue weighted by Crippen LogP contribution is 2.30. The highest BCUT2D eigenvalue weighted by atomic mass is 16.7. The van der Waals surface area contributed by atoms with Gasteiger partial charge in [0.2, 0.25) is 12.3 Å². The summed E-state index contributed by atoms with van der Waals surface area (Å²) in [5, 5.41) is 35.4. The number of unbranched alkanes of at least 4 members (excludes halogenated alkanes) is 2. The normalized spacial score (nSPS) is 12.1. The monoisotopic (exact) mass is 826 g/mol. The number of hydrogen-bond acceptors (Lipinski definition) is 13. The number of aliphatic carboxylic acids is 3. The van der Waals surface area contributed by atoms with E-state index < -0.39 is 72.6 Å². The van der Waals surface area contributed by atoms with Gasteiger partial charge >= 0.3 is 23.9 Å². The summed E-state index contributed by atoms with van der Waals surface area (Å²) in [6.07, 6.45) is 2.17. The molecule has 3 aromatic rings. The summed E-state index contributed by atoms with van der Waals surface area (Å²) < 4.78 is 21.4. The summed E-state index contributed by atoms with van der Waals surface area (Å²) in [6, 6.07) is 8.15. The molecule has 0 fully saturated rings. The molecule has 3 rings (SSSR count). The van der Waals surface area contributed by atoms with Crippen LogP contribution in [0.3, 0.4) is 0 Å². The maximum atomic E-state index is 13.6. The van der Waals surface area contributed by atoms with Gasteiger partial charge in [0.1, 0.15) is 34.6 Å². The van der Waals surface area contributed by atoms with Gasteiger partial charge in [-0.3, -0.25) is 24.0 Å². The van der Waals surface area contributed by atoms with Crippen molar-refractivity contribution in [2.75, 3.05) is 27.5 Å². The first kappa shape index (κ1) is 46.3. The molecule has 6 N–H and O–H groups in total. The van der Waals surface area contributed by atoms with Gasteiger partial charge in [0.05, 0.1) is 44.8 Å². The van der Waals surface area contributed by atoms with Crippen LogP contribution in [0.2, 0.25) is 0 Å². The van der Waals surface area contributed by atoms with E-state index in [0.717, 1.165) is 17.9 Å². The van der Waals surface area contributed by atoms with Crippen LogP contribution in [0.25, 0.3) is 11.3 Å². The van der Waals surface area contributed by atoms with Crippen LogP contribution in [0.1, 0.15) is 83.6 Å². The number of ether oxygens (including phenoxy) is 3. The molecule has 2 aromatic carbocycles. The van der Waals surface area contributed by atoms with E-state index in [1.54, 1.807) is 6.92 Å². The zero-order valence-corrected chi connectivity index (χ0v) is 32.7. The van der Waals surface area contributed by atoms with Crippen molar-refractivity contribution in [2.45, 2.75) is 64.5 Å². The van der Waals surface area contributed by atoms with E-state index in [1.807, 2.05) is 6.92 Å². The molecule has 20 nitrogen and oxygen atoms in total. The SMILES string of the molecule is CCCCCC(C(=O)NCNC(=O)c1ccc(-c2ccc(C(=O)NC(CC(=O)O)C(=O)O)c(OCC(=O)O)c2)o1)[C@@H](CC)N(C=O)OC(=O)c1ccc(OC)cc1OC. The lowest BCUT2D eigenvalue weighted by Gasteiger charge is -2.32. The molecule has 318 valence electrons. The molecule has 0 radical (unpaired) electrons. The van der Waals surface area contributed by atoms with Gasteiger partial charge < -0.3 is 54.7 Å². The second-order valence-electron chi connectivity index (χ2n) is 12.7. The Bertz CT molecular complexity index is 2000. The molecule has 2 unspecified atom stereocenters. The Balaban J connectivity index is 1.74. The van der Waals surface area contributed by atoms with Gasteiger partial charge in [-0.05, 0) is 49.2 Å². The lowest BCUT2D eigenvalue weighted by atomic mass is 9.90. The van der Waals surface area contributed by atoms with E-state index in [9.17, 15) is 43.5 Å². The highest BCUT2D eigenvalue weighted by Gasteiger charge is 2.34. The number of rotatable bonds is 25. The first-order chi connectivity index (χ1) is 28.2. The van der Waals surface area contributed by atoms with Crippen LogP contribution in [-0.4, -0.2) is 108 Å². The fourth-order valence-corrected chi connectivity index (χ4v) is 5.81. The van der Waals surface area contributed by atoms with Gasteiger partial charge in [-0.1, -0.05) is 39.2 Å². The number of carbonyl (C=O) groups is 8. The second kappa shape index (κ2) is 22.6. The Hall–Kier alpha value is -7.12. The number of carboxylic acids is 3. The lowest BCUT2D eigenvalue weighted by molar-refractivity contribution is -0.171. The summed E-state index contributed by atoms with van der Waals surface area (Å²) in [5.41, 5.74) is -0.0825. The minimum atomic E-state index is -1.80. The highest BCUT2D eigenvalue weighted by molar-refractivity contribution is 6.00. The average molecular weight is 827 g/mol. The summed E-state index contributed by atoms with van der Waals surface area (Å²) in [6.45, 7) is 2.44.